The van der Waals surface area contributed by atoms with Gasteiger partial charge in [-0.05, 0) is 59.7 Å². The van der Waals surface area contributed by atoms with Crippen LogP contribution in [-0.4, -0.2) is 6.21 Å². The molecule has 0 aromatic heterocycles. The van der Waals surface area contributed by atoms with E-state index in [2.05, 4.69) is 16.6 Å². The standard InChI is InChI=1S/C22H17Cl2N3O/c23-21-5-2-6-22(24)20(21)14-27-26-13-16-7-9-19(10-8-16)28-15-18-4-1-3-17(11-18)12-25/h1-11,13,27H,14-15H2/b26-13-. The molecule has 0 unspecified atom stereocenters. The highest BCUT2D eigenvalue weighted by atomic mass is 35.5. The second kappa shape index (κ2) is 9.80. The van der Waals surface area contributed by atoms with Gasteiger partial charge in [-0.15, -0.1) is 0 Å². The average molecular weight is 410 g/mol. The highest BCUT2D eigenvalue weighted by Gasteiger charge is 2.03. The maximum Gasteiger partial charge on any atom is 0.119 e. The highest BCUT2D eigenvalue weighted by molar-refractivity contribution is 6.35. The number of halogens is 2. The minimum atomic E-state index is 0.406. The van der Waals surface area contributed by atoms with E-state index in [1.807, 2.05) is 42.5 Å². The Morgan fingerprint density at radius 2 is 1.71 bits per heavy atom. The van der Waals surface area contributed by atoms with Crippen molar-refractivity contribution in [3.8, 4) is 11.8 Å². The fourth-order valence-corrected chi connectivity index (χ4v) is 3.02. The van der Waals surface area contributed by atoms with Crippen molar-refractivity contribution in [2.24, 2.45) is 5.10 Å². The molecule has 0 spiro atoms. The summed E-state index contributed by atoms with van der Waals surface area (Å²) in [5, 5.41) is 14.4. The Balaban J connectivity index is 1.51. The molecule has 0 atom stereocenters. The quantitative estimate of drug-likeness (QED) is 0.409. The van der Waals surface area contributed by atoms with Gasteiger partial charge < -0.3 is 10.2 Å². The topological polar surface area (TPSA) is 57.4 Å². The Morgan fingerprint density at radius 3 is 2.43 bits per heavy atom. The summed E-state index contributed by atoms with van der Waals surface area (Å²) in [4.78, 5) is 0. The van der Waals surface area contributed by atoms with E-state index in [4.69, 9.17) is 33.2 Å². The van der Waals surface area contributed by atoms with Gasteiger partial charge in [-0.25, -0.2) is 0 Å². The summed E-state index contributed by atoms with van der Waals surface area (Å²) in [6, 6.07) is 22.5. The molecular weight excluding hydrogens is 393 g/mol. The fourth-order valence-electron chi connectivity index (χ4n) is 2.49. The number of ether oxygens (including phenoxy) is 1. The van der Waals surface area contributed by atoms with Crippen molar-refractivity contribution < 1.29 is 4.74 Å². The lowest BCUT2D eigenvalue weighted by molar-refractivity contribution is 0.306. The molecule has 3 rings (SSSR count). The molecule has 0 saturated carbocycles. The van der Waals surface area contributed by atoms with Crippen LogP contribution in [0.3, 0.4) is 0 Å². The van der Waals surface area contributed by atoms with Gasteiger partial charge in [-0.2, -0.15) is 10.4 Å². The van der Waals surface area contributed by atoms with Crippen LogP contribution in [0.2, 0.25) is 10.0 Å². The maximum atomic E-state index is 8.94. The van der Waals surface area contributed by atoms with Crippen molar-refractivity contribution in [2.75, 3.05) is 0 Å². The second-order valence-corrected chi connectivity index (χ2v) is 6.78. The Hall–Kier alpha value is -3.00. The molecule has 0 heterocycles. The largest absolute Gasteiger partial charge is 0.489 e. The zero-order valence-corrected chi connectivity index (χ0v) is 16.4. The predicted molar refractivity (Wildman–Crippen MR) is 113 cm³/mol. The summed E-state index contributed by atoms with van der Waals surface area (Å²) in [5.41, 5.74) is 6.26. The first-order chi connectivity index (χ1) is 13.7. The molecule has 0 aliphatic heterocycles. The zero-order valence-electron chi connectivity index (χ0n) is 14.9. The zero-order chi connectivity index (χ0) is 19.8. The first-order valence-electron chi connectivity index (χ1n) is 8.56. The van der Waals surface area contributed by atoms with Crippen molar-refractivity contribution in [1.29, 1.82) is 5.26 Å². The van der Waals surface area contributed by atoms with Crippen LogP contribution in [0.1, 0.15) is 22.3 Å². The van der Waals surface area contributed by atoms with Crippen LogP contribution in [0, 0.1) is 11.3 Å². The van der Waals surface area contributed by atoms with Gasteiger partial charge in [-0.1, -0.05) is 41.4 Å². The van der Waals surface area contributed by atoms with Crippen LogP contribution in [0.4, 0.5) is 0 Å². The number of nitrogens with zero attached hydrogens (tertiary/aromatic N) is 2. The van der Waals surface area contributed by atoms with Crippen LogP contribution < -0.4 is 10.2 Å². The molecule has 0 saturated heterocycles. The van der Waals surface area contributed by atoms with Gasteiger partial charge in [0.15, 0.2) is 0 Å². The molecule has 1 N–H and O–H groups in total. The number of nitrogens with one attached hydrogen (secondary N) is 1. The van der Waals surface area contributed by atoms with Crippen molar-refractivity contribution >= 4 is 29.4 Å². The lowest BCUT2D eigenvalue weighted by atomic mass is 10.1. The van der Waals surface area contributed by atoms with Crippen LogP contribution in [0.25, 0.3) is 0 Å². The van der Waals surface area contributed by atoms with Gasteiger partial charge >= 0.3 is 0 Å². The Bertz CT molecular complexity index is 991. The first-order valence-corrected chi connectivity index (χ1v) is 9.32. The molecule has 4 nitrogen and oxygen atoms in total. The smallest absolute Gasteiger partial charge is 0.119 e. The third kappa shape index (κ3) is 5.50. The Morgan fingerprint density at radius 1 is 1.00 bits per heavy atom. The van der Waals surface area contributed by atoms with E-state index in [-0.39, 0.29) is 0 Å². The molecule has 140 valence electrons. The van der Waals surface area contributed by atoms with Gasteiger partial charge in [0.25, 0.3) is 0 Å². The molecule has 0 fully saturated rings. The van der Waals surface area contributed by atoms with Crippen LogP contribution in [0.15, 0.2) is 71.8 Å². The Labute approximate surface area is 174 Å². The number of rotatable bonds is 7. The molecule has 3 aromatic carbocycles. The summed E-state index contributed by atoms with van der Waals surface area (Å²) in [6.45, 7) is 0.848. The summed E-state index contributed by atoms with van der Waals surface area (Å²) < 4.78 is 5.76. The number of hydrogen-bond donors (Lipinski definition) is 1. The van der Waals surface area contributed by atoms with Crippen LogP contribution in [-0.2, 0) is 13.2 Å². The SMILES string of the molecule is N#Cc1cccc(COc2ccc(/C=N\NCc3c(Cl)cccc3Cl)cc2)c1. The normalized spacial score (nSPS) is 10.6. The van der Waals surface area contributed by atoms with E-state index in [0.29, 0.717) is 28.8 Å². The predicted octanol–water partition coefficient (Wildman–Crippen LogP) is 5.57. The van der Waals surface area contributed by atoms with Crippen molar-refractivity contribution in [3.05, 3.63) is 99.0 Å². The highest BCUT2D eigenvalue weighted by Crippen LogP contribution is 2.23. The number of nitriles is 1. The van der Waals surface area contributed by atoms with E-state index in [1.54, 1.807) is 30.5 Å². The Kier molecular flexibility index (Phi) is 6.91. The number of hydrogen-bond acceptors (Lipinski definition) is 4. The molecule has 0 aliphatic rings. The number of benzene rings is 3. The van der Waals surface area contributed by atoms with Gasteiger partial charge in [0.05, 0.1) is 24.4 Å². The van der Waals surface area contributed by atoms with Gasteiger partial charge in [0.1, 0.15) is 12.4 Å². The van der Waals surface area contributed by atoms with Crippen LogP contribution in [0.5, 0.6) is 5.75 Å². The summed E-state index contributed by atoms with van der Waals surface area (Å²) >= 11 is 12.3. The minimum Gasteiger partial charge on any atom is -0.489 e. The molecule has 6 heteroatoms. The van der Waals surface area contributed by atoms with Gasteiger partial charge in [-0.3, -0.25) is 0 Å². The summed E-state index contributed by atoms with van der Waals surface area (Å²) in [6.07, 6.45) is 1.71. The van der Waals surface area contributed by atoms with E-state index >= 15 is 0 Å². The lowest BCUT2D eigenvalue weighted by Gasteiger charge is -2.07. The summed E-state index contributed by atoms with van der Waals surface area (Å²) in [7, 11) is 0. The molecule has 0 radical (unpaired) electrons. The molecule has 28 heavy (non-hydrogen) atoms. The first kappa shape index (κ1) is 19.8. The molecule has 0 amide bonds. The lowest BCUT2D eigenvalue weighted by Crippen LogP contribution is -2.06. The second-order valence-electron chi connectivity index (χ2n) is 5.96. The van der Waals surface area contributed by atoms with E-state index < -0.39 is 0 Å². The summed E-state index contributed by atoms with van der Waals surface area (Å²) in [5.74, 6) is 0.746. The van der Waals surface area contributed by atoms with Crippen molar-refractivity contribution in [2.45, 2.75) is 13.2 Å². The molecule has 0 bridgehead atoms. The average Bonchev–Trinajstić information content (AvgIpc) is 2.72. The van der Waals surface area contributed by atoms with Crippen molar-refractivity contribution in [3.63, 3.8) is 0 Å². The molecule has 3 aromatic rings. The van der Waals surface area contributed by atoms with E-state index in [1.165, 1.54) is 0 Å². The molecule has 0 aliphatic carbocycles. The number of hydrazone groups is 1. The third-order valence-electron chi connectivity index (χ3n) is 3.96. The van der Waals surface area contributed by atoms with Gasteiger partial charge in [0, 0.05) is 15.6 Å². The third-order valence-corrected chi connectivity index (χ3v) is 4.67. The maximum absolute atomic E-state index is 8.94. The van der Waals surface area contributed by atoms with E-state index in [9.17, 15) is 0 Å². The monoisotopic (exact) mass is 409 g/mol. The van der Waals surface area contributed by atoms with E-state index in [0.717, 1.165) is 22.4 Å². The molecular formula is C22H17Cl2N3O. The fraction of sp³-hybridized carbons (Fsp3) is 0.0909. The van der Waals surface area contributed by atoms with Gasteiger partial charge in [0.2, 0.25) is 0 Å². The van der Waals surface area contributed by atoms with Crippen molar-refractivity contribution in [1.82, 2.24) is 5.43 Å². The van der Waals surface area contributed by atoms with Crippen LogP contribution >= 0.6 is 23.2 Å². The minimum absolute atomic E-state index is 0.406.